The Hall–Kier alpha value is -1.32. The van der Waals surface area contributed by atoms with Crippen LogP contribution in [0.5, 0.6) is 0 Å². The fourth-order valence-corrected chi connectivity index (χ4v) is 1.19. The lowest BCUT2D eigenvalue weighted by atomic mass is 10.1. The number of hydrogen-bond donors (Lipinski definition) is 2. The first-order chi connectivity index (χ1) is 7.40. The largest absolute Gasteiger partial charge is 0.367 e. The van der Waals surface area contributed by atoms with E-state index in [-0.39, 0.29) is 5.54 Å². The highest BCUT2D eigenvalue weighted by Crippen LogP contribution is 2.12. The van der Waals surface area contributed by atoms with Gasteiger partial charge < -0.3 is 10.6 Å². The van der Waals surface area contributed by atoms with Gasteiger partial charge in [0.1, 0.15) is 5.82 Å². The maximum atomic E-state index is 4.41. The second-order valence-corrected chi connectivity index (χ2v) is 5.09. The van der Waals surface area contributed by atoms with Crippen molar-refractivity contribution in [1.29, 1.82) is 0 Å². The molecule has 0 saturated carbocycles. The van der Waals surface area contributed by atoms with Gasteiger partial charge in [-0.2, -0.15) is 4.98 Å². The Balaban J connectivity index is 2.71. The van der Waals surface area contributed by atoms with Crippen molar-refractivity contribution in [2.75, 3.05) is 10.6 Å². The van der Waals surface area contributed by atoms with Crippen molar-refractivity contribution in [1.82, 2.24) is 9.97 Å². The standard InChI is InChI=1S/C12H22N4/c1-6-9(2)14-10-7-8-13-11(15-10)16-12(3,4)5/h7-9H,6H2,1-5H3,(H2,13,14,15,16). The number of aromatic nitrogens is 2. The predicted octanol–water partition coefficient (Wildman–Crippen LogP) is 2.90. The zero-order valence-electron chi connectivity index (χ0n) is 10.8. The molecule has 0 aliphatic rings. The van der Waals surface area contributed by atoms with Gasteiger partial charge in [-0.25, -0.2) is 4.98 Å². The number of anilines is 2. The monoisotopic (exact) mass is 222 g/mol. The molecule has 0 aromatic carbocycles. The van der Waals surface area contributed by atoms with Gasteiger partial charge in [0.25, 0.3) is 0 Å². The van der Waals surface area contributed by atoms with Crippen LogP contribution in [0.15, 0.2) is 12.3 Å². The minimum atomic E-state index is -0.0189. The summed E-state index contributed by atoms with van der Waals surface area (Å²) in [5, 5.41) is 6.58. The van der Waals surface area contributed by atoms with Crippen molar-refractivity contribution < 1.29 is 0 Å². The van der Waals surface area contributed by atoms with Gasteiger partial charge in [-0.05, 0) is 40.2 Å². The van der Waals surface area contributed by atoms with Crippen molar-refractivity contribution >= 4 is 11.8 Å². The van der Waals surface area contributed by atoms with Gasteiger partial charge in [-0.3, -0.25) is 0 Å². The summed E-state index contributed by atoms with van der Waals surface area (Å²) in [5.41, 5.74) is -0.0189. The maximum Gasteiger partial charge on any atom is 0.224 e. The highest BCUT2D eigenvalue weighted by atomic mass is 15.2. The van der Waals surface area contributed by atoms with Gasteiger partial charge in [0, 0.05) is 17.8 Å². The van der Waals surface area contributed by atoms with Crippen LogP contribution in [-0.4, -0.2) is 21.5 Å². The van der Waals surface area contributed by atoms with Gasteiger partial charge in [-0.1, -0.05) is 6.92 Å². The summed E-state index contributed by atoms with van der Waals surface area (Å²) >= 11 is 0. The summed E-state index contributed by atoms with van der Waals surface area (Å²) in [7, 11) is 0. The molecule has 0 fully saturated rings. The molecule has 1 aromatic heterocycles. The summed E-state index contributed by atoms with van der Waals surface area (Å²) in [6.07, 6.45) is 2.85. The lowest BCUT2D eigenvalue weighted by Gasteiger charge is -2.21. The van der Waals surface area contributed by atoms with E-state index >= 15 is 0 Å². The van der Waals surface area contributed by atoms with Crippen LogP contribution in [0.3, 0.4) is 0 Å². The number of nitrogens with zero attached hydrogens (tertiary/aromatic N) is 2. The summed E-state index contributed by atoms with van der Waals surface area (Å²) in [6, 6.07) is 2.32. The molecule has 0 aliphatic heterocycles. The Morgan fingerprint density at radius 1 is 1.38 bits per heavy atom. The topological polar surface area (TPSA) is 49.8 Å². The average Bonchev–Trinajstić information content (AvgIpc) is 2.15. The van der Waals surface area contributed by atoms with E-state index in [2.05, 4.69) is 55.2 Å². The summed E-state index contributed by atoms with van der Waals surface area (Å²) in [5.74, 6) is 1.54. The third-order valence-corrected chi connectivity index (χ3v) is 2.15. The molecular formula is C12H22N4. The molecule has 2 N–H and O–H groups in total. The molecule has 0 aliphatic carbocycles. The first-order valence-electron chi connectivity index (χ1n) is 5.78. The molecule has 16 heavy (non-hydrogen) atoms. The number of rotatable bonds is 4. The van der Waals surface area contributed by atoms with E-state index in [1.54, 1.807) is 6.20 Å². The Labute approximate surface area is 97.9 Å². The molecule has 1 unspecified atom stereocenters. The maximum absolute atomic E-state index is 4.41. The molecule has 90 valence electrons. The second kappa shape index (κ2) is 5.14. The zero-order valence-corrected chi connectivity index (χ0v) is 10.8. The fourth-order valence-electron chi connectivity index (χ4n) is 1.19. The predicted molar refractivity (Wildman–Crippen MR) is 68.8 cm³/mol. The van der Waals surface area contributed by atoms with Crippen LogP contribution in [0.2, 0.25) is 0 Å². The van der Waals surface area contributed by atoms with E-state index in [1.807, 2.05) is 6.07 Å². The molecule has 1 heterocycles. The molecule has 0 bridgehead atoms. The fraction of sp³-hybridized carbons (Fsp3) is 0.667. The van der Waals surface area contributed by atoms with Crippen LogP contribution >= 0.6 is 0 Å². The van der Waals surface area contributed by atoms with Crippen molar-refractivity contribution in [2.45, 2.75) is 52.6 Å². The summed E-state index contributed by atoms with van der Waals surface area (Å²) in [6.45, 7) is 10.5. The second-order valence-electron chi connectivity index (χ2n) is 5.09. The summed E-state index contributed by atoms with van der Waals surface area (Å²) in [4.78, 5) is 8.61. The third kappa shape index (κ3) is 4.47. The van der Waals surface area contributed by atoms with E-state index in [0.29, 0.717) is 12.0 Å². The lowest BCUT2D eigenvalue weighted by molar-refractivity contribution is 0.626. The Morgan fingerprint density at radius 2 is 2.06 bits per heavy atom. The van der Waals surface area contributed by atoms with Crippen LogP contribution in [0.25, 0.3) is 0 Å². The van der Waals surface area contributed by atoms with Gasteiger partial charge in [0.15, 0.2) is 0 Å². The Bertz CT molecular complexity index is 330. The SMILES string of the molecule is CCC(C)Nc1ccnc(NC(C)(C)C)n1. The lowest BCUT2D eigenvalue weighted by Crippen LogP contribution is -2.27. The van der Waals surface area contributed by atoms with Gasteiger partial charge in [0.2, 0.25) is 5.95 Å². The van der Waals surface area contributed by atoms with Crippen molar-refractivity contribution in [3.63, 3.8) is 0 Å². The van der Waals surface area contributed by atoms with E-state index < -0.39 is 0 Å². The van der Waals surface area contributed by atoms with Crippen LogP contribution in [-0.2, 0) is 0 Å². The minimum absolute atomic E-state index is 0.0189. The van der Waals surface area contributed by atoms with Crippen LogP contribution < -0.4 is 10.6 Å². The van der Waals surface area contributed by atoms with Crippen LogP contribution in [0.4, 0.5) is 11.8 Å². The first-order valence-corrected chi connectivity index (χ1v) is 5.78. The molecule has 4 nitrogen and oxygen atoms in total. The Kier molecular flexibility index (Phi) is 4.10. The van der Waals surface area contributed by atoms with Crippen molar-refractivity contribution in [3.05, 3.63) is 12.3 Å². The zero-order chi connectivity index (χ0) is 12.2. The smallest absolute Gasteiger partial charge is 0.224 e. The van der Waals surface area contributed by atoms with E-state index in [9.17, 15) is 0 Å². The molecule has 1 atom stereocenters. The number of hydrogen-bond acceptors (Lipinski definition) is 4. The van der Waals surface area contributed by atoms with Crippen molar-refractivity contribution in [2.24, 2.45) is 0 Å². The highest BCUT2D eigenvalue weighted by Gasteiger charge is 2.11. The molecule has 4 heteroatoms. The van der Waals surface area contributed by atoms with E-state index in [4.69, 9.17) is 0 Å². The van der Waals surface area contributed by atoms with Crippen molar-refractivity contribution in [3.8, 4) is 0 Å². The molecule has 0 spiro atoms. The van der Waals surface area contributed by atoms with E-state index in [1.165, 1.54) is 0 Å². The molecule has 0 saturated heterocycles. The van der Waals surface area contributed by atoms with Crippen LogP contribution in [0.1, 0.15) is 41.0 Å². The average molecular weight is 222 g/mol. The molecular weight excluding hydrogens is 200 g/mol. The number of nitrogens with one attached hydrogen (secondary N) is 2. The molecule has 1 aromatic rings. The van der Waals surface area contributed by atoms with Gasteiger partial charge in [0.05, 0.1) is 0 Å². The molecule has 0 radical (unpaired) electrons. The van der Waals surface area contributed by atoms with Gasteiger partial charge >= 0.3 is 0 Å². The Morgan fingerprint density at radius 3 is 2.62 bits per heavy atom. The third-order valence-electron chi connectivity index (χ3n) is 2.15. The summed E-state index contributed by atoms with van der Waals surface area (Å²) < 4.78 is 0. The quantitative estimate of drug-likeness (QED) is 0.822. The molecule has 0 amide bonds. The minimum Gasteiger partial charge on any atom is -0.367 e. The normalized spacial score (nSPS) is 13.3. The molecule has 1 rings (SSSR count). The first kappa shape index (κ1) is 12.7. The van der Waals surface area contributed by atoms with Gasteiger partial charge in [-0.15, -0.1) is 0 Å². The highest BCUT2D eigenvalue weighted by molar-refractivity contribution is 5.41. The van der Waals surface area contributed by atoms with Crippen LogP contribution in [0, 0.1) is 0 Å². The van der Waals surface area contributed by atoms with E-state index in [0.717, 1.165) is 12.2 Å².